The summed E-state index contributed by atoms with van der Waals surface area (Å²) < 4.78 is 5.14. The largest absolute Gasteiger partial charge is 0.823 e. The Hall–Kier alpha value is -1.50. The molecule has 1 heterocycles. The minimum atomic E-state index is -2.29. The summed E-state index contributed by atoms with van der Waals surface area (Å²) in [5.74, 6) is -2.29. The highest BCUT2D eigenvalue weighted by atomic mass is 16.6. The summed E-state index contributed by atoms with van der Waals surface area (Å²) in [6, 6.07) is 12.4. The zero-order valence-electron chi connectivity index (χ0n) is 10.6. The number of aliphatic hydroxyl groups is 3. The number of rotatable bonds is 1. The van der Waals surface area contributed by atoms with Crippen molar-refractivity contribution in [1.29, 1.82) is 0 Å². The predicted molar refractivity (Wildman–Crippen MR) is 69.6 cm³/mol. The lowest BCUT2D eigenvalue weighted by Gasteiger charge is -2.51. The maximum atomic E-state index is 12.9. The van der Waals surface area contributed by atoms with Gasteiger partial charge < -0.3 is 25.2 Å². The highest BCUT2D eigenvalue weighted by Gasteiger charge is 2.43. The van der Waals surface area contributed by atoms with Gasteiger partial charge in [-0.15, -0.1) is 0 Å². The Morgan fingerprint density at radius 2 is 1.75 bits per heavy atom. The monoisotopic (exact) mass is 275 g/mol. The Labute approximate surface area is 115 Å². The van der Waals surface area contributed by atoms with Gasteiger partial charge in [-0.05, 0) is 16.3 Å². The van der Waals surface area contributed by atoms with Crippen LogP contribution in [-0.2, 0) is 10.5 Å². The maximum Gasteiger partial charge on any atom is 0.110 e. The first kappa shape index (κ1) is 13.5. The molecule has 0 radical (unpaired) electrons. The van der Waals surface area contributed by atoms with Gasteiger partial charge in [-0.25, -0.2) is 0 Å². The van der Waals surface area contributed by atoms with Crippen LogP contribution in [0.4, 0.5) is 0 Å². The molecule has 1 aliphatic rings. The molecule has 1 aliphatic heterocycles. The van der Waals surface area contributed by atoms with E-state index in [4.69, 9.17) is 4.74 Å². The number of ether oxygens (including phenoxy) is 1. The molecular weight excluding hydrogens is 260 g/mol. The Bertz CT molecular complexity index is 623. The smallest absolute Gasteiger partial charge is 0.110 e. The Balaban J connectivity index is 2.14. The van der Waals surface area contributed by atoms with E-state index in [0.29, 0.717) is 5.39 Å². The summed E-state index contributed by atoms with van der Waals surface area (Å²) in [7, 11) is 0. The van der Waals surface area contributed by atoms with Crippen molar-refractivity contribution in [3.05, 3.63) is 48.0 Å². The predicted octanol–water partition coefficient (Wildman–Crippen LogP) is -0.534. The number of hydrogen-bond acceptors (Lipinski definition) is 5. The SMILES string of the molecule is [O-][C@]1(c2cccc3ccccc23)OC[C@@H](O)[C@H](O)[C@H]1O. The molecule has 0 amide bonds. The molecule has 3 N–H and O–H groups in total. The van der Waals surface area contributed by atoms with Crippen molar-refractivity contribution in [3.63, 3.8) is 0 Å². The molecule has 0 unspecified atom stereocenters. The number of benzene rings is 2. The summed E-state index contributed by atoms with van der Waals surface area (Å²) in [5.41, 5.74) is 0.258. The quantitative estimate of drug-likeness (QED) is 0.650. The van der Waals surface area contributed by atoms with Crippen molar-refractivity contribution in [2.75, 3.05) is 6.61 Å². The van der Waals surface area contributed by atoms with E-state index in [1.54, 1.807) is 24.3 Å². The second-order valence-corrected chi connectivity index (χ2v) is 5.01. The van der Waals surface area contributed by atoms with Crippen molar-refractivity contribution in [1.82, 2.24) is 0 Å². The third kappa shape index (κ3) is 1.91. The highest BCUT2D eigenvalue weighted by molar-refractivity contribution is 5.86. The molecule has 0 aromatic heterocycles. The van der Waals surface area contributed by atoms with Crippen molar-refractivity contribution in [2.24, 2.45) is 0 Å². The maximum absolute atomic E-state index is 12.9. The van der Waals surface area contributed by atoms with Crippen LogP contribution in [0.1, 0.15) is 5.56 Å². The molecule has 5 nitrogen and oxygen atoms in total. The first-order chi connectivity index (χ1) is 9.54. The summed E-state index contributed by atoms with van der Waals surface area (Å²) in [6.07, 6.45) is -4.53. The van der Waals surface area contributed by atoms with Gasteiger partial charge in [0.05, 0.1) is 6.61 Å². The van der Waals surface area contributed by atoms with Gasteiger partial charge in [0.25, 0.3) is 0 Å². The molecule has 5 heteroatoms. The molecule has 1 saturated heterocycles. The Morgan fingerprint density at radius 3 is 2.55 bits per heavy atom. The van der Waals surface area contributed by atoms with Crippen LogP contribution in [-0.4, -0.2) is 40.2 Å². The third-order valence-electron chi connectivity index (χ3n) is 3.74. The average molecular weight is 275 g/mol. The molecule has 0 bridgehead atoms. The van der Waals surface area contributed by atoms with Gasteiger partial charge in [0.15, 0.2) is 0 Å². The molecule has 0 spiro atoms. The molecule has 0 aliphatic carbocycles. The number of aliphatic hydroxyl groups excluding tert-OH is 3. The Morgan fingerprint density at radius 1 is 1.05 bits per heavy atom. The zero-order chi connectivity index (χ0) is 14.3. The summed E-state index contributed by atoms with van der Waals surface area (Å²) in [5, 5.41) is 43.6. The van der Waals surface area contributed by atoms with Crippen molar-refractivity contribution in [2.45, 2.75) is 24.1 Å². The van der Waals surface area contributed by atoms with E-state index in [1.807, 2.05) is 18.2 Å². The minimum absolute atomic E-state index is 0.258. The van der Waals surface area contributed by atoms with E-state index in [0.717, 1.165) is 5.39 Å². The van der Waals surface area contributed by atoms with E-state index in [-0.39, 0.29) is 12.2 Å². The fraction of sp³-hybridized carbons (Fsp3) is 0.333. The summed E-state index contributed by atoms with van der Waals surface area (Å²) in [4.78, 5) is 0. The molecule has 0 saturated carbocycles. The van der Waals surface area contributed by atoms with Crippen molar-refractivity contribution < 1.29 is 25.2 Å². The molecule has 20 heavy (non-hydrogen) atoms. The lowest BCUT2D eigenvalue weighted by atomic mass is 9.88. The lowest BCUT2D eigenvalue weighted by Crippen LogP contribution is -2.65. The van der Waals surface area contributed by atoms with Crippen LogP contribution in [0.25, 0.3) is 10.8 Å². The zero-order valence-corrected chi connectivity index (χ0v) is 10.6. The first-order valence-corrected chi connectivity index (χ1v) is 6.41. The van der Waals surface area contributed by atoms with E-state index < -0.39 is 24.1 Å². The Kier molecular flexibility index (Phi) is 3.24. The van der Waals surface area contributed by atoms with Crippen LogP contribution in [0.3, 0.4) is 0 Å². The van der Waals surface area contributed by atoms with Gasteiger partial charge in [0, 0.05) is 5.79 Å². The van der Waals surface area contributed by atoms with Crippen LogP contribution in [0.2, 0.25) is 0 Å². The lowest BCUT2D eigenvalue weighted by molar-refractivity contribution is -0.599. The molecule has 2 aromatic carbocycles. The van der Waals surface area contributed by atoms with Gasteiger partial charge in [-0.3, -0.25) is 0 Å². The van der Waals surface area contributed by atoms with Crippen LogP contribution in [0, 0.1) is 0 Å². The summed E-state index contributed by atoms with van der Waals surface area (Å²) in [6.45, 7) is -0.315. The van der Waals surface area contributed by atoms with Gasteiger partial charge in [-0.2, -0.15) is 0 Å². The number of fused-ring (bicyclic) bond motifs is 1. The second kappa shape index (κ2) is 4.80. The fourth-order valence-corrected chi connectivity index (χ4v) is 2.59. The summed E-state index contributed by atoms with van der Waals surface area (Å²) >= 11 is 0. The van der Waals surface area contributed by atoms with E-state index in [2.05, 4.69) is 0 Å². The van der Waals surface area contributed by atoms with Crippen LogP contribution in [0.15, 0.2) is 42.5 Å². The van der Waals surface area contributed by atoms with Gasteiger partial charge in [0.1, 0.15) is 18.3 Å². The molecular formula is C15H15O5-. The van der Waals surface area contributed by atoms with Gasteiger partial charge in [0.2, 0.25) is 0 Å². The van der Waals surface area contributed by atoms with Gasteiger partial charge >= 0.3 is 0 Å². The minimum Gasteiger partial charge on any atom is -0.823 e. The van der Waals surface area contributed by atoms with E-state index in [1.165, 1.54) is 0 Å². The third-order valence-corrected chi connectivity index (χ3v) is 3.74. The van der Waals surface area contributed by atoms with Crippen molar-refractivity contribution in [3.8, 4) is 0 Å². The van der Waals surface area contributed by atoms with E-state index in [9.17, 15) is 20.4 Å². The van der Waals surface area contributed by atoms with Gasteiger partial charge in [-0.1, -0.05) is 42.5 Å². The highest BCUT2D eigenvalue weighted by Crippen LogP contribution is 2.34. The normalized spacial score (nSPS) is 34.3. The molecule has 1 fully saturated rings. The van der Waals surface area contributed by atoms with Crippen LogP contribution in [0.5, 0.6) is 0 Å². The average Bonchev–Trinajstić information content (AvgIpc) is 2.49. The topological polar surface area (TPSA) is 93.0 Å². The molecule has 2 aromatic rings. The molecule has 4 atom stereocenters. The standard InChI is InChI=1S/C15H15O5/c16-12-8-20-15(19,14(18)13(12)17)11-7-3-5-9-4-1-2-6-10(9)11/h1-7,12-14,16-18H,8H2/q-1/t12-,13+,14-,15-/m1/s1. The second-order valence-electron chi connectivity index (χ2n) is 5.01. The van der Waals surface area contributed by atoms with Crippen LogP contribution >= 0.6 is 0 Å². The van der Waals surface area contributed by atoms with E-state index >= 15 is 0 Å². The first-order valence-electron chi connectivity index (χ1n) is 6.41. The molecule has 3 rings (SSSR count). The van der Waals surface area contributed by atoms with Crippen LogP contribution < -0.4 is 5.11 Å². The fourth-order valence-electron chi connectivity index (χ4n) is 2.59. The van der Waals surface area contributed by atoms with Crippen molar-refractivity contribution >= 4 is 10.8 Å². The molecule has 106 valence electrons. The number of hydrogen-bond donors (Lipinski definition) is 3.